The van der Waals surface area contributed by atoms with Crippen molar-refractivity contribution in [1.82, 2.24) is 9.97 Å². The average Bonchev–Trinajstić information content (AvgIpc) is 2.31. The molecule has 0 saturated carbocycles. The van der Waals surface area contributed by atoms with Gasteiger partial charge in [0.2, 0.25) is 0 Å². The molecule has 0 unspecified atom stereocenters. The molecule has 0 bridgehead atoms. The number of amidine groups is 1. The Hall–Kier alpha value is -2.05. The molecule has 0 aliphatic heterocycles. The molecule has 1 aromatic heterocycles. The van der Waals surface area contributed by atoms with Crippen LogP contribution in [0.2, 0.25) is 0 Å². The molecule has 7 nitrogen and oxygen atoms in total. The fourth-order valence-corrected chi connectivity index (χ4v) is 1.28. The van der Waals surface area contributed by atoms with E-state index in [1.807, 2.05) is 6.92 Å². The van der Waals surface area contributed by atoms with Crippen LogP contribution in [0.25, 0.3) is 0 Å². The maximum atomic E-state index is 11.5. The van der Waals surface area contributed by atoms with Crippen LogP contribution < -0.4 is 16.2 Å². The zero-order valence-corrected chi connectivity index (χ0v) is 9.05. The molecule has 1 heterocycles. The molecule has 0 spiro atoms. The summed E-state index contributed by atoms with van der Waals surface area (Å²) in [5, 5.41) is 11.3. The van der Waals surface area contributed by atoms with Crippen LogP contribution in [-0.2, 0) is 0 Å². The molecule has 0 aromatic carbocycles. The van der Waals surface area contributed by atoms with Crippen molar-refractivity contribution in [2.24, 2.45) is 10.9 Å². The zero-order valence-electron chi connectivity index (χ0n) is 9.05. The minimum absolute atomic E-state index is 0.130. The summed E-state index contributed by atoms with van der Waals surface area (Å²) < 4.78 is 0. The number of anilines is 1. The van der Waals surface area contributed by atoms with Crippen LogP contribution in [0.1, 0.15) is 13.3 Å². The van der Waals surface area contributed by atoms with Gasteiger partial charge in [-0.25, -0.2) is 4.98 Å². The SMILES string of the molecule is CCN(CC/C(N)=N/O)c1ncc[nH]c1=O. The van der Waals surface area contributed by atoms with E-state index in [4.69, 9.17) is 10.9 Å². The maximum Gasteiger partial charge on any atom is 0.290 e. The Bertz CT molecular complexity index is 414. The number of aromatic nitrogens is 2. The van der Waals surface area contributed by atoms with Gasteiger partial charge in [-0.3, -0.25) is 4.79 Å². The summed E-state index contributed by atoms with van der Waals surface area (Å²) in [4.78, 5) is 19.8. The second kappa shape index (κ2) is 5.74. The molecule has 0 saturated heterocycles. The van der Waals surface area contributed by atoms with Gasteiger partial charge < -0.3 is 20.8 Å². The summed E-state index contributed by atoms with van der Waals surface area (Å²) in [6, 6.07) is 0. The number of oxime groups is 1. The molecule has 16 heavy (non-hydrogen) atoms. The van der Waals surface area contributed by atoms with Crippen LogP contribution in [0, 0.1) is 0 Å². The predicted molar refractivity (Wildman–Crippen MR) is 60.8 cm³/mol. The zero-order chi connectivity index (χ0) is 12.0. The lowest BCUT2D eigenvalue weighted by molar-refractivity contribution is 0.317. The monoisotopic (exact) mass is 225 g/mol. The molecule has 0 atom stereocenters. The van der Waals surface area contributed by atoms with E-state index in [1.54, 1.807) is 4.90 Å². The van der Waals surface area contributed by atoms with Crippen molar-refractivity contribution < 1.29 is 5.21 Å². The smallest absolute Gasteiger partial charge is 0.290 e. The quantitative estimate of drug-likeness (QED) is 0.277. The number of H-pyrrole nitrogens is 1. The number of hydrogen-bond donors (Lipinski definition) is 3. The lowest BCUT2D eigenvalue weighted by atomic mass is 10.3. The van der Waals surface area contributed by atoms with E-state index >= 15 is 0 Å². The molecule has 88 valence electrons. The van der Waals surface area contributed by atoms with Gasteiger partial charge in [-0.1, -0.05) is 5.16 Å². The molecule has 0 aliphatic carbocycles. The van der Waals surface area contributed by atoms with Gasteiger partial charge >= 0.3 is 0 Å². The highest BCUT2D eigenvalue weighted by molar-refractivity contribution is 5.80. The number of nitrogens with one attached hydrogen (secondary N) is 1. The molecule has 0 radical (unpaired) electrons. The fraction of sp³-hybridized carbons (Fsp3) is 0.444. The largest absolute Gasteiger partial charge is 0.409 e. The van der Waals surface area contributed by atoms with Gasteiger partial charge in [-0.15, -0.1) is 0 Å². The van der Waals surface area contributed by atoms with Crippen LogP contribution in [0.5, 0.6) is 0 Å². The lowest BCUT2D eigenvalue weighted by Gasteiger charge is -2.19. The van der Waals surface area contributed by atoms with Crippen molar-refractivity contribution in [3.05, 3.63) is 22.7 Å². The first-order valence-corrected chi connectivity index (χ1v) is 4.94. The number of nitrogens with zero attached hydrogens (tertiary/aromatic N) is 3. The van der Waals surface area contributed by atoms with Crippen LogP contribution in [0.3, 0.4) is 0 Å². The highest BCUT2D eigenvalue weighted by Gasteiger charge is 2.09. The van der Waals surface area contributed by atoms with Crippen LogP contribution in [0.4, 0.5) is 5.82 Å². The molecule has 7 heteroatoms. The Labute approximate surface area is 92.6 Å². The summed E-state index contributed by atoms with van der Waals surface area (Å²) in [7, 11) is 0. The van der Waals surface area contributed by atoms with Crippen molar-refractivity contribution >= 4 is 11.7 Å². The Balaban J connectivity index is 2.76. The van der Waals surface area contributed by atoms with E-state index in [2.05, 4.69) is 15.1 Å². The molecular weight excluding hydrogens is 210 g/mol. The number of hydrogen-bond acceptors (Lipinski definition) is 5. The van der Waals surface area contributed by atoms with Gasteiger partial charge in [0.1, 0.15) is 5.84 Å². The predicted octanol–water partition coefficient (Wildman–Crippen LogP) is -0.267. The Morgan fingerprint density at radius 2 is 2.50 bits per heavy atom. The third kappa shape index (κ3) is 2.97. The summed E-state index contributed by atoms with van der Waals surface area (Å²) in [5.74, 6) is 0.474. The normalized spacial score (nSPS) is 11.4. The van der Waals surface area contributed by atoms with E-state index in [1.165, 1.54) is 12.4 Å². The molecule has 0 aliphatic rings. The first-order chi connectivity index (χ1) is 7.69. The lowest BCUT2D eigenvalue weighted by Crippen LogP contribution is -2.33. The van der Waals surface area contributed by atoms with Crippen molar-refractivity contribution in [2.75, 3.05) is 18.0 Å². The van der Waals surface area contributed by atoms with Gasteiger partial charge in [0.05, 0.1) is 0 Å². The van der Waals surface area contributed by atoms with Crippen LogP contribution in [0.15, 0.2) is 22.3 Å². The van der Waals surface area contributed by atoms with Gasteiger partial charge in [-0.05, 0) is 6.92 Å². The minimum Gasteiger partial charge on any atom is -0.409 e. The third-order valence-corrected chi connectivity index (χ3v) is 2.14. The Morgan fingerprint density at radius 3 is 3.06 bits per heavy atom. The van der Waals surface area contributed by atoms with Crippen molar-refractivity contribution in [3.8, 4) is 0 Å². The average molecular weight is 225 g/mol. The van der Waals surface area contributed by atoms with E-state index < -0.39 is 0 Å². The highest BCUT2D eigenvalue weighted by atomic mass is 16.4. The van der Waals surface area contributed by atoms with E-state index in [0.717, 1.165) is 0 Å². The second-order valence-electron chi connectivity index (χ2n) is 3.16. The van der Waals surface area contributed by atoms with Gasteiger partial charge in [0, 0.05) is 31.9 Å². The van der Waals surface area contributed by atoms with E-state index in [9.17, 15) is 4.79 Å². The van der Waals surface area contributed by atoms with Gasteiger partial charge in [-0.2, -0.15) is 0 Å². The van der Waals surface area contributed by atoms with E-state index in [0.29, 0.717) is 25.3 Å². The van der Waals surface area contributed by atoms with Crippen molar-refractivity contribution in [2.45, 2.75) is 13.3 Å². The molecule has 4 N–H and O–H groups in total. The maximum absolute atomic E-state index is 11.5. The Morgan fingerprint density at radius 1 is 1.75 bits per heavy atom. The van der Waals surface area contributed by atoms with Crippen molar-refractivity contribution in [1.29, 1.82) is 0 Å². The van der Waals surface area contributed by atoms with E-state index in [-0.39, 0.29) is 11.4 Å². The minimum atomic E-state index is -0.246. The fourth-order valence-electron chi connectivity index (χ4n) is 1.28. The summed E-state index contributed by atoms with van der Waals surface area (Å²) in [5.41, 5.74) is 5.11. The van der Waals surface area contributed by atoms with Gasteiger partial charge in [0.25, 0.3) is 5.56 Å². The third-order valence-electron chi connectivity index (χ3n) is 2.14. The van der Waals surface area contributed by atoms with Crippen LogP contribution >= 0.6 is 0 Å². The molecule has 0 amide bonds. The van der Waals surface area contributed by atoms with Crippen molar-refractivity contribution in [3.63, 3.8) is 0 Å². The van der Waals surface area contributed by atoms with Gasteiger partial charge in [0.15, 0.2) is 5.82 Å². The highest BCUT2D eigenvalue weighted by Crippen LogP contribution is 2.02. The topological polar surface area (TPSA) is 108 Å². The molecule has 1 rings (SSSR count). The molecule has 0 fully saturated rings. The standard InChI is InChI=1S/C9H15N5O2/c1-2-14(6-3-7(10)13-16)8-9(15)12-5-4-11-8/h4-5,16H,2-3,6H2,1H3,(H2,10,13)(H,12,15). The molecule has 1 aromatic rings. The Kier molecular flexibility index (Phi) is 4.31. The second-order valence-corrected chi connectivity index (χ2v) is 3.16. The first-order valence-electron chi connectivity index (χ1n) is 4.94. The number of rotatable bonds is 5. The molecular formula is C9H15N5O2. The number of nitrogens with two attached hydrogens (primary N) is 1. The first kappa shape index (κ1) is 12.0. The van der Waals surface area contributed by atoms with Crippen LogP contribution in [-0.4, -0.2) is 34.1 Å². The summed E-state index contributed by atoms with van der Waals surface area (Å²) >= 11 is 0. The summed E-state index contributed by atoms with van der Waals surface area (Å²) in [6.45, 7) is 3.01. The summed E-state index contributed by atoms with van der Waals surface area (Å²) in [6.07, 6.45) is 3.37. The number of aromatic amines is 1.